The summed E-state index contributed by atoms with van der Waals surface area (Å²) in [6, 6.07) is 2.90. The lowest BCUT2D eigenvalue weighted by atomic mass is 10.1. The van der Waals surface area contributed by atoms with Gasteiger partial charge in [0.05, 0.1) is 18.8 Å². The fraction of sp³-hybridized carbons (Fsp3) is 0.381. The number of methoxy groups -OCH3 is 2. The van der Waals surface area contributed by atoms with Gasteiger partial charge in [-0.1, -0.05) is 6.07 Å². The maximum atomic E-state index is 13.9. The third-order valence-electron chi connectivity index (χ3n) is 5.68. The van der Waals surface area contributed by atoms with E-state index in [1.165, 1.54) is 29.9 Å². The summed E-state index contributed by atoms with van der Waals surface area (Å²) >= 11 is 0. The summed E-state index contributed by atoms with van der Waals surface area (Å²) in [6.07, 6.45) is -0.740. The van der Waals surface area contributed by atoms with Crippen LogP contribution >= 0.6 is 0 Å². The van der Waals surface area contributed by atoms with Gasteiger partial charge in [0.15, 0.2) is 11.4 Å². The van der Waals surface area contributed by atoms with Crippen molar-refractivity contribution in [3.8, 4) is 5.75 Å². The molecule has 12 heteroatoms. The smallest absolute Gasteiger partial charge is 0.277 e. The molecule has 2 N–H and O–H groups in total. The molecule has 0 spiro atoms. The van der Waals surface area contributed by atoms with E-state index in [0.717, 1.165) is 6.07 Å². The van der Waals surface area contributed by atoms with Gasteiger partial charge in [-0.25, -0.2) is 13.5 Å². The molecule has 33 heavy (non-hydrogen) atoms. The van der Waals surface area contributed by atoms with E-state index >= 15 is 0 Å². The van der Waals surface area contributed by atoms with E-state index in [1.807, 2.05) is 0 Å². The van der Waals surface area contributed by atoms with E-state index < -0.39 is 46.3 Å². The molecule has 1 atom stereocenters. The molecular weight excluding hydrogens is 442 g/mol. The Kier molecular flexibility index (Phi) is 6.04. The molecule has 0 saturated carbocycles. The molecule has 176 valence electrons. The molecule has 2 aromatic rings. The van der Waals surface area contributed by atoms with E-state index in [0.29, 0.717) is 6.07 Å². The second-order valence-electron chi connectivity index (χ2n) is 7.63. The number of carbonyl (C=O) groups excluding carboxylic acids is 2. The molecule has 1 unspecified atom stereocenters. The number of carbonyl (C=O) groups is 2. The summed E-state index contributed by atoms with van der Waals surface area (Å²) in [4.78, 5) is 40.4. The van der Waals surface area contributed by atoms with Crippen LogP contribution in [0.1, 0.15) is 38.2 Å². The van der Waals surface area contributed by atoms with Gasteiger partial charge in [0.25, 0.3) is 11.8 Å². The molecule has 0 saturated heterocycles. The number of hydrogen-bond acceptors (Lipinski definition) is 7. The Bertz CT molecular complexity index is 1180. The van der Waals surface area contributed by atoms with Gasteiger partial charge in [0.1, 0.15) is 30.0 Å². The van der Waals surface area contributed by atoms with Crippen LogP contribution in [0.3, 0.4) is 0 Å². The molecule has 0 radical (unpaired) electrons. The zero-order valence-corrected chi connectivity index (χ0v) is 17.9. The number of amides is 2. The highest BCUT2D eigenvalue weighted by Crippen LogP contribution is 2.34. The van der Waals surface area contributed by atoms with Crippen molar-refractivity contribution in [2.75, 3.05) is 45.6 Å². The van der Waals surface area contributed by atoms with Gasteiger partial charge >= 0.3 is 0 Å². The molecule has 2 aliphatic heterocycles. The number of pyridine rings is 1. The Morgan fingerprint density at radius 2 is 2.03 bits per heavy atom. The first-order chi connectivity index (χ1) is 15.8. The van der Waals surface area contributed by atoms with Crippen molar-refractivity contribution in [1.82, 2.24) is 14.9 Å². The second-order valence-corrected chi connectivity index (χ2v) is 7.63. The SMILES string of the molecule is COCCN1CN2CC(OC)c3c(C(=O)NCc4ccc(F)cc4F)c(=O)c(O)c(n32)C1=O. The van der Waals surface area contributed by atoms with E-state index in [-0.39, 0.29) is 49.9 Å². The summed E-state index contributed by atoms with van der Waals surface area (Å²) in [5.74, 6) is -3.96. The number of benzene rings is 1. The van der Waals surface area contributed by atoms with Crippen molar-refractivity contribution in [3.05, 3.63) is 62.6 Å². The van der Waals surface area contributed by atoms with Crippen LogP contribution in [0.4, 0.5) is 8.78 Å². The van der Waals surface area contributed by atoms with Crippen LogP contribution in [-0.2, 0) is 16.0 Å². The predicted molar refractivity (Wildman–Crippen MR) is 111 cm³/mol. The highest BCUT2D eigenvalue weighted by molar-refractivity contribution is 6.00. The third kappa shape index (κ3) is 3.80. The maximum absolute atomic E-state index is 13.9. The Balaban J connectivity index is 1.74. The van der Waals surface area contributed by atoms with Gasteiger partial charge in [-0.05, 0) is 6.07 Å². The summed E-state index contributed by atoms with van der Waals surface area (Å²) in [5.41, 5.74) is -1.59. The summed E-state index contributed by atoms with van der Waals surface area (Å²) in [5, 5.41) is 14.7. The Morgan fingerprint density at radius 1 is 1.27 bits per heavy atom. The molecule has 0 aliphatic carbocycles. The van der Waals surface area contributed by atoms with Crippen molar-refractivity contribution in [1.29, 1.82) is 0 Å². The van der Waals surface area contributed by atoms with Crippen LogP contribution in [0.2, 0.25) is 0 Å². The van der Waals surface area contributed by atoms with E-state index in [4.69, 9.17) is 9.47 Å². The average Bonchev–Trinajstić information content (AvgIpc) is 3.14. The lowest BCUT2D eigenvalue weighted by Gasteiger charge is -2.37. The van der Waals surface area contributed by atoms with E-state index in [9.17, 15) is 28.3 Å². The first-order valence-corrected chi connectivity index (χ1v) is 10.1. The first kappa shape index (κ1) is 22.7. The second kappa shape index (κ2) is 8.79. The van der Waals surface area contributed by atoms with Gasteiger partial charge < -0.3 is 24.8 Å². The summed E-state index contributed by atoms with van der Waals surface area (Å²) in [7, 11) is 2.88. The molecule has 1 aromatic heterocycles. The molecule has 1 aromatic carbocycles. The highest BCUT2D eigenvalue weighted by Gasteiger charge is 2.44. The molecule has 2 aliphatic rings. The third-order valence-corrected chi connectivity index (χ3v) is 5.68. The molecule has 3 heterocycles. The Morgan fingerprint density at radius 3 is 2.70 bits per heavy atom. The molecule has 10 nitrogen and oxygen atoms in total. The number of aromatic nitrogens is 1. The maximum Gasteiger partial charge on any atom is 0.277 e. The lowest BCUT2D eigenvalue weighted by Crippen LogP contribution is -2.53. The van der Waals surface area contributed by atoms with Crippen LogP contribution in [0.25, 0.3) is 0 Å². The van der Waals surface area contributed by atoms with Gasteiger partial charge in [-0.3, -0.25) is 19.4 Å². The number of aromatic hydroxyl groups is 1. The molecule has 2 amide bonds. The average molecular weight is 464 g/mol. The van der Waals surface area contributed by atoms with Crippen LogP contribution in [0, 0.1) is 11.6 Å². The van der Waals surface area contributed by atoms with Crippen LogP contribution in [0.5, 0.6) is 5.75 Å². The van der Waals surface area contributed by atoms with Crippen molar-refractivity contribution >= 4 is 11.8 Å². The van der Waals surface area contributed by atoms with E-state index in [1.54, 1.807) is 5.01 Å². The number of rotatable bonds is 7. The van der Waals surface area contributed by atoms with Crippen molar-refractivity contribution in [2.45, 2.75) is 12.6 Å². The molecule has 0 bridgehead atoms. The van der Waals surface area contributed by atoms with Crippen LogP contribution in [-0.4, -0.2) is 67.1 Å². The first-order valence-electron chi connectivity index (χ1n) is 10.1. The number of nitrogens with zero attached hydrogens (tertiary/aromatic N) is 3. The molecule has 0 fully saturated rings. The molecular formula is C21H22F2N4O6. The quantitative estimate of drug-likeness (QED) is 0.612. The van der Waals surface area contributed by atoms with Gasteiger partial charge in [0, 0.05) is 38.9 Å². The minimum atomic E-state index is -1.04. The van der Waals surface area contributed by atoms with Crippen molar-refractivity contribution in [2.24, 2.45) is 0 Å². The van der Waals surface area contributed by atoms with Crippen molar-refractivity contribution in [3.63, 3.8) is 0 Å². The zero-order valence-electron chi connectivity index (χ0n) is 17.9. The standard InChI is InChI=1S/C21H22F2N4O6/c1-32-6-5-25-10-26-9-14(33-2)16-15(18(28)19(29)17(21(25)31)27(16)26)20(30)24-8-11-3-4-12(22)7-13(11)23/h3-4,7,14,29H,5-6,8-10H2,1-2H3,(H,24,30). The van der Waals surface area contributed by atoms with Gasteiger partial charge in [-0.2, -0.15) is 0 Å². The minimum absolute atomic E-state index is 0.0114. The fourth-order valence-corrected chi connectivity index (χ4v) is 4.05. The Hall–Kier alpha value is -3.51. The minimum Gasteiger partial charge on any atom is -0.502 e. The zero-order chi connectivity index (χ0) is 23.9. The summed E-state index contributed by atoms with van der Waals surface area (Å²) < 4.78 is 38.9. The van der Waals surface area contributed by atoms with Crippen LogP contribution in [0.15, 0.2) is 23.0 Å². The van der Waals surface area contributed by atoms with Crippen LogP contribution < -0.4 is 15.8 Å². The highest BCUT2D eigenvalue weighted by atomic mass is 19.1. The molecule has 4 rings (SSSR count). The fourth-order valence-electron chi connectivity index (χ4n) is 4.05. The number of hydrogen-bond donors (Lipinski definition) is 2. The Labute approximate surface area is 186 Å². The topological polar surface area (TPSA) is 113 Å². The number of nitrogens with one attached hydrogen (secondary N) is 1. The normalized spacial score (nSPS) is 16.8. The van der Waals surface area contributed by atoms with E-state index in [2.05, 4.69) is 5.32 Å². The number of ether oxygens (including phenoxy) is 2. The predicted octanol–water partition coefficient (Wildman–Crippen LogP) is 0.461. The largest absolute Gasteiger partial charge is 0.502 e. The van der Waals surface area contributed by atoms with Gasteiger partial charge in [0.2, 0.25) is 5.43 Å². The van der Waals surface area contributed by atoms with Crippen molar-refractivity contribution < 1.29 is 33.0 Å². The lowest BCUT2D eigenvalue weighted by molar-refractivity contribution is 0.0623. The summed E-state index contributed by atoms with van der Waals surface area (Å²) in [6.45, 7) is 0.517. The monoisotopic (exact) mass is 464 g/mol. The van der Waals surface area contributed by atoms with Gasteiger partial charge in [-0.15, -0.1) is 0 Å². The number of halogens is 2.